The molecule has 52 heavy (non-hydrogen) atoms. The molecule has 0 atom stereocenters. The van der Waals surface area contributed by atoms with Gasteiger partial charge in [-0.25, -0.2) is 4.98 Å². The van der Waals surface area contributed by atoms with Crippen LogP contribution in [-0.4, -0.2) is 4.98 Å². The van der Waals surface area contributed by atoms with Crippen molar-refractivity contribution in [2.24, 2.45) is 0 Å². The Balaban J connectivity index is 1.16. The zero-order valence-electron chi connectivity index (χ0n) is 28.0. The first-order valence-electron chi connectivity index (χ1n) is 17.6. The molecule has 0 N–H and O–H groups in total. The van der Waals surface area contributed by atoms with Crippen molar-refractivity contribution in [3.63, 3.8) is 0 Å². The van der Waals surface area contributed by atoms with Crippen molar-refractivity contribution in [1.82, 2.24) is 4.98 Å². The molecular formula is C49H29NOS. The van der Waals surface area contributed by atoms with Gasteiger partial charge in [-0.05, 0) is 103 Å². The molecule has 2 nitrogen and oxygen atoms in total. The lowest BCUT2D eigenvalue weighted by molar-refractivity contribution is 0.675. The van der Waals surface area contributed by atoms with E-state index in [-0.39, 0.29) is 0 Å². The van der Waals surface area contributed by atoms with Crippen LogP contribution in [0.15, 0.2) is 180 Å². The van der Waals surface area contributed by atoms with Gasteiger partial charge in [0.25, 0.3) is 0 Å². The van der Waals surface area contributed by atoms with Crippen molar-refractivity contribution in [3.05, 3.63) is 176 Å². The van der Waals surface area contributed by atoms with Crippen molar-refractivity contribution >= 4 is 75.8 Å². The molecule has 2 heterocycles. The van der Waals surface area contributed by atoms with Gasteiger partial charge in [0.15, 0.2) is 5.58 Å². The fourth-order valence-corrected chi connectivity index (χ4v) is 9.00. The molecule has 0 amide bonds. The fraction of sp³-hybridized carbons (Fsp3) is 0. The van der Waals surface area contributed by atoms with E-state index in [4.69, 9.17) is 9.40 Å². The zero-order chi connectivity index (χ0) is 34.2. The van der Waals surface area contributed by atoms with Gasteiger partial charge in [0, 0.05) is 21.7 Å². The maximum Gasteiger partial charge on any atom is 0.162 e. The van der Waals surface area contributed by atoms with Gasteiger partial charge in [-0.15, -0.1) is 11.3 Å². The maximum atomic E-state index is 6.86. The summed E-state index contributed by atoms with van der Waals surface area (Å²) >= 11 is 1.71. The topological polar surface area (TPSA) is 26.0 Å². The highest BCUT2D eigenvalue weighted by atomic mass is 32.1. The van der Waals surface area contributed by atoms with Gasteiger partial charge in [-0.1, -0.05) is 133 Å². The number of aromatic nitrogens is 1. The Morgan fingerprint density at radius 3 is 1.83 bits per heavy atom. The average molecular weight is 680 g/mol. The number of rotatable bonds is 4. The minimum Gasteiger partial charge on any atom is -0.453 e. The van der Waals surface area contributed by atoms with E-state index in [2.05, 4.69) is 170 Å². The molecule has 0 bridgehead atoms. The van der Waals surface area contributed by atoms with Crippen LogP contribution in [-0.2, 0) is 0 Å². The Labute approximate surface area is 303 Å². The van der Waals surface area contributed by atoms with Crippen LogP contribution in [0.1, 0.15) is 0 Å². The smallest absolute Gasteiger partial charge is 0.162 e. The third kappa shape index (κ3) is 4.53. The molecule has 0 radical (unpaired) electrons. The first-order valence-corrected chi connectivity index (χ1v) is 18.4. The fourth-order valence-electron chi connectivity index (χ4n) is 8.03. The number of fused-ring (bicyclic) bond motifs is 10. The van der Waals surface area contributed by atoms with E-state index in [1.54, 1.807) is 11.3 Å². The minimum atomic E-state index is 0.849. The van der Waals surface area contributed by atoms with Crippen LogP contribution in [0.5, 0.6) is 0 Å². The Kier molecular flexibility index (Phi) is 6.46. The minimum absolute atomic E-state index is 0.849. The molecule has 0 saturated carbocycles. The lowest BCUT2D eigenvalue weighted by Gasteiger charge is -2.15. The van der Waals surface area contributed by atoms with Crippen LogP contribution < -0.4 is 0 Å². The van der Waals surface area contributed by atoms with E-state index in [0.29, 0.717) is 0 Å². The second kappa shape index (κ2) is 11.5. The number of nitrogens with zero attached hydrogens (tertiary/aromatic N) is 1. The molecular weight excluding hydrogens is 651 g/mol. The van der Waals surface area contributed by atoms with E-state index in [0.717, 1.165) is 48.1 Å². The van der Waals surface area contributed by atoms with Crippen molar-refractivity contribution in [1.29, 1.82) is 0 Å². The third-order valence-electron chi connectivity index (χ3n) is 10.5. The summed E-state index contributed by atoms with van der Waals surface area (Å²) in [5.74, 6) is 0. The standard InChI is InChI=1S/C49H29NOS/c1-3-11-30(12-4-1)34-27-35(38-19-9-16-31-13-7-8-18-37(31)38)29-36(28-34)39-20-10-17-32-21-22-41-40(45(32)39)23-24-42-43-25-26-44-46(48(43)51-47(41)42)50-49(52-44)33-14-5-2-6-15-33/h1-29H. The van der Waals surface area contributed by atoms with Crippen LogP contribution in [0, 0.1) is 0 Å². The molecule has 0 aliphatic carbocycles. The van der Waals surface area contributed by atoms with Crippen LogP contribution in [0.4, 0.5) is 0 Å². The Morgan fingerprint density at radius 2 is 0.981 bits per heavy atom. The van der Waals surface area contributed by atoms with Crippen LogP contribution >= 0.6 is 11.3 Å². The van der Waals surface area contributed by atoms with Gasteiger partial charge in [0.05, 0.1) is 4.70 Å². The molecule has 11 rings (SSSR count). The molecule has 0 aliphatic rings. The SMILES string of the molecule is c1ccc(-c2cc(-c3cccc4ccccc34)cc(-c3cccc4ccc5c(ccc6c7ccc8sc(-c9ccccc9)nc8c7oc65)c34)c2)cc1. The largest absolute Gasteiger partial charge is 0.453 e. The summed E-state index contributed by atoms with van der Waals surface area (Å²) in [6, 6.07) is 63.5. The second-order valence-electron chi connectivity index (χ2n) is 13.5. The molecule has 0 unspecified atom stereocenters. The van der Waals surface area contributed by atoms with Gasteiger partial charge in [-0.2, -0.15) is 0 Å². The Hall–Kier alpha value is -6.55. The van der Waals surface area contributed by atoms with Gasteiger partial charge >= 0.3 is 0 Å². The number of hydrogen-bond acceptors (Lipinski definition) is 3. The summed E-state index contributed by atoms with van der Waals surface area (Å²) in [5.41, 5.74) is 11.0. The van der Waals surface area contributed by atoms with Crippen LogP contribution in [0.3, 0.4) is 0 Å². The monoisotopic (exact) mass is 679 g/mol. The van der Waals surface area contributed by atoms with Gasteiger partial charge in [0.1, 0.15) is 16.1 Å². The molecule has 3 heteroatoms. The maximum absolute atomic E-state index is 6.86. The Morgan fingerprint density at radius 1 is 0.385 bits per heavy atom. The molecule has 0 fully saturated rings. The summed E-state index contributed by atoms with van der Waals surface area (Å²) < 4.78 is 7.99. The normalized spacial score (nSPS) is 11.8. The molecule has 11 aromatic rings. The van der Waals surface area contributed by atoms with E-state index in [1.807, 2.05) is 6.07 Å². The number of benzene rings is 9. The predicted molar refractivity (Wildman–Crippen MR) is 221 cm³/mol. The summed E-state index contributed by atoms with van der Waals surface area (Å²) in [7, 11) is 0. The van der Waals surface area contributed by atoms with Crippen molar-refractivity contribution in [3.8, 4) is 44.0 Å². The molecule has 0 spiro atoms. The summed E-state index contributed by atoms with van der Waals surface area (Å²) in [4.78, 5) is 5.10. The number of thiazole rings is 1. The predicted octanol–water partition coefficient (Wildman–Crippen LogP) is 14.3. The highest BCUT2D eigenvalue weighted by Gasteiger charge is 2.19. The molecule has 242 valence electrons. The van der Waals surface area contributed by atoms with Crippen molar-refractivity contribution in [2.45, 2.75) is 0 Å². The van der Waals surface area contributed by atoms with Crippen LogP contribution in [0.25, 0.3) is 108 Å². The molecule has 0 saturated heterocycles. The average Bonchev–Trinajstić information content (AvgIpc) is 3.83. The zero-order valence-corrected chi connectivity index (χ0v) is 28.8. The highest BCUT2D eigenvalue weighted by Crippen LogP contribution is 2.44. The summed E-state index contributed by atoms with van der Waals surface area (Å²) in [6.07, 6.45) is 0. The lowest BCUT2D eigenvalue weighted by atomic mass is 9.88. The van der Waals surface area contributed by atoms with Gasteiger partial charge in [-0.3, -0.25) is 0 Å². The van der Waals surface area contributed by atoms with E-state index >= 15 is 0 Å². The van der Waals surface area contributed by atoms with E-state index < -0.39 is 0 Å². The molecule has 2 aromatic heterocycles. The number of hydrogen-bond donors (Lipinski definition) is 0. The highest BCUT2D eigenvalue weighted by molar-refractivity contribution is 7.21. The van der Waals surface area contributed by atoms with Crippen molar-refractivity contribution < 1.29 is 4.42 Å². The second-order valence-corrected chi connectivity index (χ2v) is 14.5. The Bertz CT molecular complexity index is 3170. The molecule has 0 aliphatic heterocycles. The van der Waals surface area contributed by atoms with Crippen LogP contribution in [0.2, 0.25) is 0 Å². The summed E-state index contributed by atoms with van der Waals surface area (Å²) in [6.45, 7) is 0. The van der Waals surface area contributed by atoms with E-state index in [9.17, 15) is 0 Å². The summed E-state index contributed by atoms with van der Waals surface area (Å²) in [5, 5.41) is 10.4. The molecule has 9 aromatic carbocycles. The van der Waals surface area contributed by atoms with E-state index in [1.165, 1.54) is 60.3 Å². The van der Waals surface area contributed by atoms with Crippen molar-refractivity contribution in [2.75, 3.05) is 0 Å². The quantitative estimate of drug-likeness (QED) is 0.173. The van der Waals surface area contributed by atoms with Gasteiger partial charge < -0.3 is 4.42 Å². The first kappa shape index (κ1) is 29.2. The number of furan rings is 1. The lowest BCUT2D eigenvalue weighted by Crippen LogP contribution is -1.89. The first-order chi connectivity index (χ1) is 25.8. The van der Waals surface area contributed by atoms with Gasteiger partial charge in [0.2, 0.25) is 0 Å². The third-order valence-corrected chi connectivity index (χ3v) is 11.5.